The normalized spacial score (nSPS) is 10.8. The molecule has 0 atom stereocenters. The summed E-state index contributed by atoms with van der Waals surface area (Å²) in [5.41, 5.74) is -0.648. The molecule has 0 bridgehead atoms. The van der Waals surface area contributed by atoms with Crippen LogP contribution in [0.3, 0.4) is 0 Å². The van der Waals surface area contributed by atoms with Crippen molar-refractivity contribution in [1.82, 2.24) is 0 Å². The third kappa shape index (κ3) is 1.42. The van der Waals surface area contributed by atoms with Gasteiger partial charge in [0.05, 0.1) is 6.26 Å². The largest absolute Gasteiger partial charge is 0.515 e. The van der Waals surface area contributed by atoms with E-state index in [0.717, 1.165) is 0 Å². The number of carboxylic acids is 1. The fourth-order valence-corrected chi connectivity index (χ4v) is 0.136. The summed E-state index contributed by atoms with van der Waals surface area (Å²) in [6.07, 6.45) is 0.303. The first-order valence-electron chi connectivity index (χ1n) is 1.75. The van der Waals surface area contributed by atoms with E-state index in [0.29, 0.717) is 0 Å². The minimum Gasteiger partial charge on any atom is -0.515 e. The zero-order valence-electron chi connectivity index (χ0n) is 3.87. The zero-order chi connectivity index (χ0) is 6.57. The molecule has 0 aliphatic rings. The number of aliphatic carboxylic acids is 1. The lowest BCUT2D eigenvalue weighted by Gasteiger charge is -1.82. The summed E-state index contributed by atoms with van der Waals surface area (Å²) in [5, 5.41) is 15.8. The number of carbonyl (C=O) groups is 2. The number of aldehydes is 1. The van der Waals surface area contributed by atoms with Crippen molar-refractivity contribution in [3.05, 3.63) is 11.8 Å². The van der Waals surface area contributed by atoms with E-state index < -0.39 is 11.5 Å². The van der Waals surface area contributed by atoms with Crippen molar-refractivity contribution >= 4 is 12.3 Å². The van der Waals surface area contributed by atoms with Crippen molar-refractivity contribution in [2.24, 2.45) is 0 Å². The molecule has 0 fully saturated rings. The lowest BCUT2D eigenvalue weighted by Crippen LogP contribution is -2.00. The van der Waals surface area contributed by atoms with Crippen LogP contribution in [0, 0.1) is 0 Å². The molecule has 0 radical (unpaired) electrons. The maximum atomic E-state index is 9.70. The molecular formula is C4H4O4. The lowest BCUT2D eigenvalue weighted by atomic mass is 10.3. The number of rotatable bonds is 2. The molecule has 2 N–H and O–H groups in total. The highest BCUT2D eigenvalue weighted by Gasteiger charge is 2.02. The van der Waals surface area contributed by atoms with Crippen LogP contribution in [-0.2, 0) is 9.59 Å². The maximum absolute atomic E-state index is 9.70. The average Bonchev–Trinajstić information content (AvgIpc) is 1.69. The molecule has 0 heterocycles. The Kier molecular flexibility index (Phi) is 2.33. The summed E-state index contributed by atoms with van der Waals surface area (Å²) in [4.78, 5) is 19.3. The molecule has 0 spiro atoms. The van der Waals surface area contributed by atoms with E-state index in [1.54, 1.807) is 0 Å². The quantitative estimate of drug-likeness (QED) is 0.171. The third-order valence-corrected chi connectivity index (χ3v) is 0.513. The number of carbonyl (C=O) groups excluding carboxylic acids is 1. The number of aliphatic hydroxyl groups excluding tert-OH is 1. The minimum absolute atomic E-state index is 0.0579. The van der Waals surface area contributed by atoms with E-state index >= 15 is 0 Å². The standard InChI is InChI=1S/C4H4O4/c5-1-3(2-6)4(7)8/h1-2,5H,(H,7,8). The lowest BCUT2D eigenvalue weighted by molar-refractivity contribution is -0.133. The Labute approximate surface area is 45.1 Å². The highest BCUT2D eigenvalue weighted by molar-refractivity contribution is 6.06. The van der Waals surface area contributed by atoms with Crippen molar-refractivity contribution in [1.29, 1.82) is 0 Å². The van der Waals surface area contributed by atoms with Crippen LogP contribution in [0.1, 0.15) is 0 Å². The summed E-state index contributed by atoms with van der Waals surface area (Å²) in [7, 11) is 0. The molecule has 4 nitrogen and oxygen atoms in total. The van der Waals surface area contributed by atoms with Gasteiger partial charge in [0.2, 0.25) is 0 Å². The van der Waals surface area contributed by atoms with Gasteiger partial charge >= 0.3 is 5.97 Å². The first-order chi connectivity index (χ1) is 3.72. The fourth-order valence-electron chi connectivity index (χ4n) is 0.136. The van der Waals surface area contributed by atoms with Gasteiger partial charge in [0.1, 0.15) is 5.57 Å². The van der Waals surface area contributed by atoms with Crippen molar-refractivity contribution in [2.45, 2.75) is 0 Å². The molecular weight excluding hydrogens is 112 g/mol. The van der Waals surface area contributed by atoms with Gasteiger partial charge in [-0.1, -0.05) is 0 Å². The van der Waals surface area contributed by atoms with E-state index in [4.69, 9.17) is 10.2 Å². The van der Waals surface area contributed by atoms with Crippen LogP contribution < -0.4 is 0 Å². The van der Waals surface area contributed by atoms with Crippen molar-refractivity contribution in [3.8, 4) is 0 Å². The van der Waals surface area contributed by atoms with Gasteiger partial charge in [0, 0.05) is 0 Å². The average molecular weight is 116 g/mol. The first kappa shape index (κ1) is 6.68. The second-order valence-electron chi connectivity index (χ2n) is 1.01. The number of hydrogen-bond donors (Lipinski definition) is 2. The summed E-state index contributed by atoms with van der Waals surface area (Å²) in [6, 6.07) is 0. The molecule has 0 aliphatic heterocycles. The Balaban J connectivity index is 4.13. The van der Waals surface area contributed by atoms with E-state index in [-0.39, 0.29) is 12.5 Å². The maximum Gasteiger partial charge on any atom is 0.342 e. The van der Waals surface area contributed by atoms with E-state index in [1.165, 1.54) is 0 Å². The zero-order valence-corrected chi connectivity index (χ0v) is 3.87. The van der Waals surface area contributed by atoms with Crippen LogP contribution in [0.15, 0.2) is 11.8 Å². The summed E-state index contributed by atoms with van der Waals surface area (Å²) in [5.74, 6) is -1.43. The predicted octanol–water partition coefficient (Wildman–Crippen LogP) is -0.288. The van der Waals surface area contributed by atoms with E-state index in [9.17, 15) is 9.59 Å². The summed E-state index contributed by atoms with van der Waals surface area (Å²) >= 11 is 0. The van der Waals surface area contributed by atoms with Crippen LogP contribution in [0.2, 0.25) is 0 Å². The molecule has 0 aromatic heterocycles. The fraction of sp³-hybridized carbons (Fsp3) is 0. The number of hydrogen-bond acceptors (Lipinski definition) is 3. The highest BCUT2D eigenvalue weighted by Crippen LogP contribution is 1.83. The smallest absolute Gasteiger partial charge is 0.342 e. The molecule has 0 aliphatic carbocycles. The third-order valence-electron chi connectivity index (χ3n) is 0.513. The Morgan fingerprint density at radius 3 is 2.00 bits per heavy atom. The monoisotopic (exact) mass is 116 g/mol. The van der Waals surface area contributed by atoms with E-state index in [2.05, 4.69) is 0 Å². The van der Waals surface area contributed by atoms with Gasteiger partial charge in [-0.05, 0) is 0 Å². The van der Waals surface area contributed by atoms with Gasteiger partial charge in [0.15, 0.2) is 6.29 Å². The van der Waals surface area contributed by atoms with Gasteiger partial charge in [0.25, 0.3) is 0 Å². The van der Waals surface area contributed by atoms with Crippen molar-refractivity contribution in [3.63, 3.8) is 0 Å². The van der Waals surface area contributed by atoms with Crippen molar-refractivity contribution in [2.75, 3.05) is 0 Å². The Hall–Kier alpha value is -1.32. The molecule has 44 valence electrons. The van der Waals surface area contributed by atoms with Crippen LogP contribution >= 0.6 is 0 Å². The first-order valence-corrected chi connectivity index (χ1v) is 1.75. The second kappa shape index (κ2) is 2.79. The van der Waals surface area contributed by atoms with Gasteiger partial charge in [-0.2, -0.15) is 0 Å². The van der Waals surface area contributed by atoms with Crippen LogP contribution in [0.5, 0.6) is 0 Å². The Morgan fingerprint density at radius 2 is 2.00 bits per heavy atom. The molecule has 8 heavy (non-hydrogen) atoms. The Morgan fingerprint density at radius 1 is 1.50 bits per heavy atom. The summed E-state index contributed by atoms with van der Waals surface area (Å²) < 4.78 is 0. The molecule has 4 heteroatoms. The van der Waals surface area contributed by atoms with Crippen LogP contribution in [0.4, 0.5) is 0 Å². The van der Waals surface area contributed by atoms with Crippen molar-refractivity contribution < 1.29 is 19.8 Å². The summed E-state index contributed by atoms with van der Waals surface area (Å²) in [6.45, 7) is 0. The number of carboxylic acid groups (broad SMARTS) is 1. The SMILES string of the molecule is O=CC(=CO)C(=O)O. The number of aliphatic hydroxyl groups is 1. The second-order valence-corrected chi connectivity index (χ2v) is 1.01. The topological polar surface area (TPSA) is 74.6 Å². The van der Waals surface area contributed by atoms with Gasteiger partial charge < -0.3 is 10.2 Å². The van der Waals surface area contributed by atoms with Crippen LogP contribution in [-0.4, -0.2) is 22.5 Å². The molecule has 0 saturated carbocycles. The molecule has 0 aromatic rings. The van der Waals surface area contributed by atoms with Gasteiger partial charge in [-0.3, -0.25) is 4.79 Å². The Bertz CT molecular complexity index is 135. The minimum atomic E-state index is -1.43. The molecule has 0 unspecified atom stereocenters. The molecule has 0 aromatic carbocycles. The van der Waals surface area contributed by atoms with Gasteiger partial charge in [-0.25, -0.2) is 4.79 Å². The van der Waals surface area contributed by atoms with Gasteiger partial charge in [-0.15, -0.1) is 0 Å². The highest BCUT2D eigenvalue weighted by atomic mass is 16.4. The molecule has 0 amide bonds. The predicted molar refractivity (Wildman–Crippen MR) is 24.4 cm³/mol. The molecule has 0 rings (SSSR count). The van der Waals surface area contributed by atoms with Crippen LogP contribution in [0.25, 0.3) is 0 Å². The molecule has 0 saturated heterocycles. The van der Waals surface area contributed by atoms with E-state index in [1.807, 2.05) is 0 Å².